The quantitative estimate of drug-likeness (QED) is 0.740. The highest BCUT2D eigenvalue weighted by atomic mass is 16.2. The minimum absolute atomic E-state index is 0.230. The predicted molar refractivity (Wildman–Crippen MR) is 94.8 cm³/mol. The first-order valence-electron chi connectivity index (χ1n) is 8.60. The van der Waals surface area contributed by atoms with E-state index in [9.17, 15) is 4.79 Å². The van der Waals surface area contributed by atoms with E-state index in [0.717, 1.165) is 48.4 Å². The summed E-state index contributed by atoms with van der Waals surface area (Å²) in [6.45, 7) is 1.81. The first-order chi connectivity index (χ1) is 11.8. The smallest absolute Gasteiger partial charge is 0.226 e. The van der Waals surface area contributed by atoms with Crippen LogP contribution in [0.1, 0.15) is 24.8 Å². The number of imidazole rings is 1. The average molecular weight is 319 g/mol. The van der Waals surface area contributed by atoms with Crippen molar-refractivity contribution in [3.05, 3.63) is 60.4 Å². The molecular formula is C20H21N3O. The molecule has 3 heterocycles. The van der Waals surface area contributed by atoms with Gasteiger partial charge in [-0.3, -0.25) is 4.79 Å². The van der Waals surface area contributed by atoms with Crippen molar-refractivity contribution < 1.29 is 4.79 Å². The number of aromatic nitrogens is 2. The van der Waals surface area contributed by atoms with Crippen LogP contribution in [0.15, 0.2) is 54.9 Å². The molecule has 4 rings (SSSR count). The van der Waals surface area contributed by atoms with Crippen molar-refractivity contribution in [1.29, 1.82) is 0 Å². The number of fused-ring (bicyclic) bond motifs is 1. The van der Waals surface area contributed by atoms with E-state index in [1.54, 1.807) is 0 Å². The molecule has 4 heteroatoms. The highest BCUT2D eigenvalue weighted by Crippen LogP contribution is 2.19. The zero-order chi connectivity index (χ0) is 16.4. The van der Waals surface area contributed by atoms with E-state index in [2.05, 4.69) is 12.1 Å². The third-order valence-electron chi connectivity index (χ3n) is 4.66. The molecule has 3 aromatic rings. The van der Waals surface area contributed by atoms with Gasteiger partial charge in [0.05, 0.1) is 12.1 Å². The minimum atomic E-state index is 0.230. The molecule has 2 aromatic heterocycles. The van der Waals surface area contributed by atoms with E-state index in [4.69, 9.17) is 4.98 Å². The van der Waals surface area contributed by atoms with E-state index in [-0.39, 0.29) is 5.91 Å². The summed E-state index contributed by atoms with van der Waals surface area (Å²) < 4.78 is 2.01. The van der Waals surface area contributed by atoms with Crippen molar-refractivity contribution in [2.75, 3.05) is 13.1 Å². The van der Waals surface area contributed by atoms with Gasteiger partial charge in [-0.1, -0.05) is 30.3 Å². The summed E-state index contributed by atoms with van der Waals surface area (Å²) >= 11 is 0. The van der Waals surface area contributed by atoms with Crippen molar-refractivity contribution in [2.24, 2.45) is 0 Å². The highest BCUT2D eigenvalue weighted by Gasteiger charge is 2.17. The molecular weight excluding hydrogens is 298 g/mol. The van der Waals surface area contributed by atoms with Crippen LogP contribution in [0.25, 0.3) is 16.9 Å². The summed E-state index contributed by atoms with van der Waals surface area (Å²) in [6, 6.07) is 14.2. The third-order valence-corrected chi connectivity index (χ3v) is 4.66. The van der Waals surface area contributed by atoms with Crippen LogP contribution >= 0.6 is 0 Å². The maximum absolute atomic E-state index is 12.4. The van der Waals surface area contributed by atoms with Crippen molar-refractivity contribution in [1.82, 2.24) is 14.3 Å². The maximum atomic E-state index is 12.4. The topological polar surface area (TPSA) is 37.6 Å². The summed E-state index contributed by atoms with van der Waals surface area (Å²) in [6.07, 6.45) is 7.99. The Labute approximate surface area is 141 Å². The zero-order valence-electron chi connectivity index (χ0n) is 13.7. The van der Waals surface area contributed by atoms with Crippen LogP contribution in [0.2, 0.25) is 0 Å². The molecule has 0 atom stereocenters. The second-order valence-electron chi connectivity index (χ2n) is 6.41. The van der Waals surface area contributed by atoms with Crippen molar-refractivity contribution >= 4 is 11.6 Å². The largest absolute Gasteiger partial charge is 0.342 e. The summed E-state index contributed by atoms with van der Waals surface area (Å²) in [5, 5.41) is 0. The van der Waals surface area contributed by atoms with Gasteiger partial charge in [0.15, 0.2) is 0 Å². The van der Waals surface area contributed by atoms with Crippen LogP contribution < -0.4 is 0 Å². The fourth-order valence-electron chi connectivity index (χ4n) is 3.31. The highest BCUT2D eigenvalue weighted by molar-refractivity contribution is 5.79. The average Bonchev–Trinajstić information content (AvgIpc) is 3.06. The van der Waals surface area contributed by atoms with E-state index < -0.39 is 0 Å². The number of pyridine rings is 1. The molecule has 24 heavy (non-hydrogen) atoms. The van der Waals surface area contributed by atoms with Crippen LogP contribution in [0.3, 0.4) is 0 Å². The lowest BCUT2D eigenvalue weighted by Gasteiger charge is -2.26. The number of hydrogen-bond donors (Lipinski definition) is 0. The van der Waals surface area contributed by atoms with Crippen LogP contribution in [0.5, 0.6) is 0 Å². The monoisotopic (exact) mass is 319 g/mol. The Morgan fingerprint density at radius 3 is 2.62 bits per heavy atom. The lowest BCUT2D eigenvalue weighted by Crippen LogP contribution is -2.36. The lowest BCUT2D eigenvalue weighted by atomic mass is 10.1. The SMILES string of the molecule is O=C(Cc1ccn2cc(-c3ccccc3)nc2c1)N1CCCCC1. The number of hydrogen-bond acceptors (Lipinski definition) is 2. The van der Waals surface area contributed by atoms with Gasteiger partial charge in [0.25, 0.3) is 0 Å². The van der Waals surface area contributed by atoms with Crippen molar-refractivity contribution in [3.8, 4) is 11.3 Å². The molecule has 1 saturated heterocycles. The maximum Gasteiger partial charge on any atom is 0.226 e. The number of nitrogens with zero attached hydrogens (tertiary/aromatic N) is 3. The van der Waals surface area contributed by atoms with Gasteiger partial charge < -0.3 is 9.30 Å². The molecule has 1 aromatic carbocycles. The molecule has 1 amide bonds. The van der Waals surface area contributed by atoms with Gasteiger partial charge in [-0.2, -0.15) is 0 Å². The lowest BCUT2D eigenvalue weighted by molar-refractivity contribution is -0.131. The normalized spacial score (nSPS) is 14.9. The second-order valence-corrected chi connectivity index (χ2v) is 6.41. The van der Waals surface area contributed by atoms with E-state index in [1.165, 1.54) is 6.42 Å². The summed E-state index contributed by atoms with van der Waals surface area (Å²) in [4.78, 5) is 19.1. The number of rotatable bonds is 3. The summed E-state index contributed by atoms with van der Waals surface area (Å²) in [5.41, 5.74) is 3.98. The predicted octanol–water partition coefficient (Wildman–Crippen LogP) is 3.56. The number of benzene rings is 1. The van der Waals surface area contributed by atoms with Gasteiger partial charge >= 0.3 is 0 Å². The molecule has 0 saturated carbocycles. The van der Waals surface area contributed by atoms with Crippen LogP contribution in [0, 0.1) is 0 Å². The number of likely N-dealkylation sites (tertiary alicyclic amines) is 1. The van der Waals surface area contributed by atoms with Gasteiger partial charge in [-0.05, 0) is 37.0 Å². The standard InChI is InChI=1S/C20H21N3O/c24-20(22-10-5-2-6-11-22)14-16-9-12-23-15-18(21-19(23)13-16)17-7-3-1-4-8-17/h1,3-4,7-9,12-13,15H,2,5-6,10-11,14H2. The van der Waals surface area contributed by atoms with E-state index in [0.29, 0.717) is 6.42 Å². The molecule has 0 aliphatic carbocycles. The van der Waals surface area contributed by atoms with Crippen molar-refractivity contribution in [2.45, 2.75) is 25.7 Å². The van der Waals surface area contributed by atoms with Gasteiger partial charge in [-0.15, -0.1) is 0 Å². The van der Waals surface area contributed by atoms with Gasteiger partial charge in [-0.25, -0.2) is 4.98 Å². The second kappa shape index (κ2) is 6.48. The molecule has 1 aliphatic rings. The molecule has 0 unspecified atom stereocenters. The Morgan fingerprint density at radius 2 is 1.83 bits per heavy atom. The van der Waals surface area contributed by atoms with Crippen LogP contribution in [-0.4, -0.2) is 33.3 Å². The number of carbonyl (C=O) groups is 1. The minimum Gasteiger partial charge on any atom is -0.342 e. The molecule has 0 bridgehead atoms. The Morgan fingerprint density at radius 1 is 1.04 bits per heavy atom. The molecule has 1 aliphatic heterocycles. The zero-order valence-corrected chi connectivity index (χ0v) is 13.7. The van der Waals surface area contributed by atoms with E-state index in [1.807, 2.05) is 52.0 Å². The molecule has 122 valence electrons. The number of amides is 1. The molecule has 0 spiro atoms. The Kier molecular flexibility index (Phi) is 4.03. The molecule has 1 fully saturated rings. The first-order valence-corrected chi connectivity index (χ1v) is 8.60. The molecule has 0 radical (unpaired) electrons. The third kappa shape index (κ3) is 3.04. The van der Waals surface area contributed by atoms with Crippen molar-refractivity contribution in [3.63, 3.8) is 0 Å². The fraction of sp³-hybridized carbons (Fsp3) is 0.300. The Hall–Kier alpha value is -2.62. The van der Waals surface area contributed by atoms with E-state index >= 15 is 0 Å². The number of piperidine rings is 1. The van der Waals surface area contributed by atoms with Crippen LogP contribution in [-0.2, 0) is 11.2 Å². The Balaban J connectivity index is 1.56. The molecule has 4 nitrogen and oxygen atoms in total. The van der Waals surface area contributed by atoms with Gasteiger partial charge in [0, 0.05) is 31.0 Å². The van der Waals surface area contributed by atoms with Gasteiger partial charge in [0.2, 0.25) is 5.91 Å². The summed E-state index contributed by atoms with van der Waals surface area (Å²) in [7, 11) is 0. The Bertz CT molecular complexity index is 848. The summed E-state index contributed by atoms with van der Waals surface area (Å²) in [5.74, 6) is 0.230. The van der Waals surface area contributed by atoms with Crippen LogP contribution in [0.4, 0.5) is 0 Å². The number of carbonyl (C=O) groups excluding carboxylic acids is 1. The first kappa shape index (κ1) is 14.9. The van der Waals surface area contributed by atoms with Gasteiger partial charge in [0.1, 0.15) is 5.65 Å². The fourth-order valence-corrected chi connectivity index (χ4v) is 3.31. The molecule has 0 N–H and O–H groups in total.